The molecule has 1 nitrogen and oxygen atoms in total. The van der Waals surface area contributed by atoms with Gasteiger partial charge in [-0.05, 0) is 40.2 Å². The molecule has 1 atom stereocenters. The topological polar surface area (TPSA) is 12.0 Å². The molecule has 0 saturated carbocycles. The molecule has 0 radical (unpaired) electrons. The number of nitrogens with one attached hydrogen (secondary N) is 1. The van der Waals surface area contributed by atoms with Crippen LogP contribution >= 0.6 is 15.9 Å². The molecule has 1 unspecified atom stereocenters. The number of hydrogen-bond acceptors (Lipinski definition) is 1. The highest BCUT2D eigenvalue weighted by Gasteiger charge is 2.07. The lowest BCUT2D eigenvalue weighted by Gasteiger charge is -2.13. The van der Waals surface area contributed by atoms with E-state index in [4.69, 9.17) is 0 Å². The zero-order valence-corrected chi connectivity index (χ0v) is 9.64. The lowest BCUT2D eigenvalue weighted by Crippen LogP contribution is -2.18. The van der Waals surface area contributed by atoms with E-state index < -0.39 is 0 Å². The molecule has 0 spiro atoms. The highest BCUT2D eigenvalue weighted by molar-refractivity contribution is 9.10. The third-order valence-corrected chi connectivity index (χ3v) is 2.61. The van der Waals surface area contributed by atoms with Crippen molar-refractivity contribution in [3.63, 3.8) is 0 Å². The Morgan fingerprint density at radius 2 is 2.36 bits per heavy atom. The standard InChI is InChI=1S/C11H13BrFN/c1-3-11(14-4-2)8-5-6-9(12)10(13)7-8/h3,5-7,11,14H,1,4H2,2H3. The normalized spacial score (nSPS) is 12.5. The average Bonchev–Trinajstić information content (AvgIpc) is 2.19. The van der Waals surface area contributed by atoms with Crippen LogP contribution < -0.4 is 5.32 Å². The lowest BCUT2D eigenvalue weighted by molar-refractivity contribution is 0.605. The molecule has 1 rings (SSSR count). The Morgan fingerprint density at radius 3 is 2.86 bits per heavy atom. The Labute approximate surface area is 92.1 Å². The highest BCUT2D eigenvalue weighted by atomic mass is 79.9. The molecule has 3 heteroatoms. The maximum absolute atomic E-state index is 13.2. The summed E-state index contributed by atoms with van der Waals surface area (Å²) in [6, 6.07) is 5.11. The molecule has 1 N–H and O–H groups in total. The van der Waals surface area contributed by atoms with Gasteiger partial charge in [0.15, 0.2) is 0 Å². The number of likely N-dealkylation sites (N-methyl/N-ethyl adjacent to an activating group) is 1. The first-order chi connectivity index (χ1) is 6.69. The molecule has 1 aromatic carbocycles. The first-order valence-electron chi connectivity index (χ1n) is 4.50. The molecule has 0 amide bonds. The molecule has 0 heterocycles. The third kappa shape index (κ3) is 2.66. The highest BCUT2D eigenvalue weighted by Crippen LogP contribution is 2.21. The van der Waals surface area contributed by atoms with Gasteiger partial charge in [-0.2, -0.15) is 0 Å². The van der Waals surface area contributed by atoms with Crippen LogP contribution in [0.5, 0.6) is 0 Å². The van der Waals surface area contributed by atoms with Gasteiger partial charge in [0.2, 0.25) is 0 Å². The van der Waals surface area contributed by atoms with Crippen molar-refractivity contribution in [2.75, 3.05) is 6.54 Å². The van der Waals surface area contributed by atoms with Gasteiger partial charge in [0, 0.05) is 0 Å². The summed E-state index contributed by atoms with van der Waals surface area (Å²) in [5.41, 5.74) is 0.891. The molecule has 0 aromatic heterocycles. The second-order valence-electron chi connectivity index (χ2n) is 2.94. The fourth-order valence-electron chi connectivity index (χ4n) is 1.26. The van der Waals surface area contributed by atoms with Crippen LogP contribution in [0.3, 0.4) is 0 Å². The molecule has 0 bridgehead atoms. The second-order valence-corrected chi connectivity index (χ2v) is 3.80. The molecule has 14 heavy (non-hydrogen) atoms. The van der Waals surface area contributed by atoms with Crippen molar-refractivity contribution in [2.45, 2.75) is 13.0 Å². The van der Waals surface area contributed by atoms with Gasteiger partial charge in [0.05, 0.1) is 10.5 Å². The Bertz CT molecular complexity index is 325. The number of halogens is 2. The number of hydrogen-bond donors (Lipinski definition) is 1. The van der Waals surface area contributed by atoms with E-state index in [1.807, 2.05) is 13.0 Å². The minimum atomic E-state index is -0.243. The van der Waals surface area contributed by atoms with Gasteiger partial charge < -0.3 is 5.32 Å². The molecule has 0 aliphatic rings. The van der Waals surface area contributed by atoms with Crippen LogP contribution in [0.25, 0.3) is 0 Å². The monoisotopic (exact) mass is 257 g/mol. The molecule has 0 aliphatic carbocycles. The van der Waals surface area contributed by atoms with Crippen molar-refractivity contribution in [1.82, 2.24) is 5.32 Å². The summed E-state index contributed by atoms with van der Waals surface area (Å²) in [7, 11) is 0. The van der Waals surface area contributed by atoms with Gasteiger partial charge in [-0.15, -0.1) is 6.58 Å². The summed E-state index contributed by atoms with van der Waals surface area (Å²) in [5, 5.41) is 3.20. The summed E-state index contributed by atoms with van der Waals surface area (Å²) in [6.07, 6.45) is 1.77. The van der Waals surface area contributed by atoms with E-state index in [2.05, 4.69) is 27.8 Å². The fraction of sp³-hybridized carbons (Fsp3) is 0.273. The van der Waals surface area contributed by atoms with E-state index in [-0.39, 0.29) is 11.9 Å². The summed E-state index contributed by atoms with van der Waals surface area (Å²) >= 11 is 3.12. The zero-order chi connectivity index (χ0) is 10.6. The summed E-state index contributed by atoms with van der Waals surface area (Å²) in [5.74, 6) is -0.243. The van der Waals surface area contributed by atoms with E-state index >= 15 is 0 Å². The van der Waals surface area contributed by atoms with Crippen LogP contribution in [0, 0.1) is 5.82 Å². The molecular formula is C11H13BrFN. The second kappa shape index (κ2) is 5.27. The van der Waals surface area contributed by atoms with Crippen molar-refractivity contribution < 1.29 is 4.39 Å². The Hall–Kier alpha value is -0.670. The van der Waals surface area contributed by atoms with Gasteiger partial charge >= 0.3 is 0 Å². The summed E-state index contributed by atoms with van der Waals surface area (Å²) < 4.78 is 13.7. The lowest BCUT2D eigenvalue weighted by atomic mass is 10.1. The average molecular weight is 258 g/mol. The van der Waals surface area contributed by atoms with Gasteiger partial charge in [0.1, 0.15) is 5.82 Å². The smallest absolute Gasteiger partial charge is 0.137 e. The number of rotatable bonds is 4. The van der Waals surface area contributed by atoms with E-state index in [9.17, 15) is 4.39 Å². The predicted octanol–water partition coefficient (Wildman–Crippen LogP) is 3.42. The largest absolute Gasteiger partial charge is 0.307 e. The van der Waals surface area contributed by atoms with Crippen molar-refractivity contribution in [3.05, 3.63) is 46.7 Å². The van der Waals surface area contributed by atoms with Gasteiger partial charge in [-0.25, -0.2) is 4.39 Å². The molecular weight excluding hydrogens is 245 g/mol. The quantitative estimate of drug-likeness (QED) is 0.816. The van der Waals surface area contributed by atoms with Gasteiger partial charge in [0.25, 0.3) is 0 Å². The van der Waals surface area contributed by atoms with E-state index in [0.717, 1.165) is 12.1 Å². The van der Waals surface area contributed by atoms with Crippen LogP contribution in [-0.4, -0.2) is 6.54 Å². The predicted molar refractivity (Wildman–Crippen MR) is 60.7 cm³/mol. The Morgan fingerprint density at radius 1 is 1.64 bits per heavy atom. The van der Waals surface area contributed by atoms with E-state index in [0.29, 0.717) is 4.47 Å². The SMILES string of the molecule is C=CC(NCC)c1ccc(Br)c(F)c1. The van der Waals surface area contributed by atoms with Crippen LogP contribution in [0.4, 0.5) is 4.39 Å². The molecule has 1 aromatic rings. The number of benzene rings is 1. The van der Waals surface area contributed by atoms with Crippen LogP contribution in [0.1, 0.15) is 18.5 Å². The maximum Gasteiger partial charge on any atom is 0.137 e. The van der Waals surface area contributed by atoms with Crippen molar-refractivity contribution in [1.29, 1.82) is 0 Å². The Balaban J connectivity index is 2.93. The Kier molecular flexibility index (Phi) is 4.29. The fourth-order valence-corrected chi connectivity index (χ4v) is 1.51. The first kappa shape index (κ1) is 11.4. The molecule has 0 aliphatic heterocycles. The molecule has 76 valence electrons. The summed E-state index contributed by atoms with van der Waals surface area (Å²) in [6.45, 7) is 6.54. The van der Waals surface area contributed by atoms with Crippen LogP contribution in [0.2, 0.25) is 0 Å². The van der Waals surface area contributed by atoms with Crippen LogP contribution in [0.15, 0.2) is 35.3 Å². The third-order valence-electron chi connectivity index (χ3n) is 1.96. The van der Waals surface area contributed by atoms with Crippen LogP contribution in [-0.2, 0) is 0 Å². The van der Waals surface area contributed by atoms with Crippen molar-refractivity contribution in [2.24, 2.45) is 0 Å². The van der Waals surface area contributed by atoms with Crippen molar-refractivity contribution >= 4 is 15.9 Å². The zero-order valence-electron chi connectivity index (χ0n) is 8.06. The van der Waals surface area contributed by atoms with E-state index in [1.165, 1.54) is 6.07 Å². The molecule has 0 saturated heterocycles. The maximum atomic E-state index is 13.2. The first-order valence-corrected chi connectivity index (χ1v) is 5.29. The summed E-state index contributed by atoms with van der Waals surface area (Å²) in [4.78, 5) is 0. The van der Waals surface area contributed by atoms with Gasteiger partial charge in [-0.1, -0.05) is 19.1 Å². The van der Waals surface area contributed by atoms with Crippen molar-refractivity contribution in [3.8, 4) is 0 Å². The molecule has 0 fully saturated rings. The minimum absolute atomic E-state index is 0.0163. The van der Waals surface area contributed by atoms with E-state index in [1.54, 1.807) is 12.1 Å². The van der Waals surface area contributed by atoms with Gasteiger partial charge in [-0.3, -0.25) is 0 Å². The minimum Gasteiger partial charge on any atom is -0.307 e.